The lowest BCUT2D eigenvalue weighted by Crippen LogP contribution is -2.32. The van der Waals surface area contributed by atoms with Gasteiger partial charge >= 0.3 is 0 Å². The van der Waals surface area contributed by atoms with Crippen LogP contribution in [0.15, 0.2) is 6.20 Å². The van der Waals surface area contributed by atoms with E-state index in [0.717, 1.165) is 0 Å². The van der Waals surface area contributed by atoms with Crippen molar-refractivity contribution in [3.8, 4) is 0 Å². The standard InChI is InChI=1S/C11H14ClN5O2S/c1-17-10-8(9(12)16-17)6-13-11(15-10)14-7-2-4-20(18,19)5-3-7/h6-7H,2-5H2,1H3,(H,13,14,15). The molecule has 0 unspecified atom stereocenters. The molecule has 108 valence electrons. The third-order valence-electron chi connectivity index (χ3n) is 3.42. The molecule has 20 heavy (non-hydrogen) atoms. The summed E-state index contributed by atoms with van der Waals surface area (Å²) in [5.41, 5.74) is 0.649. The number of aryl methyl sites for hydroxylation is 1. The fraction of sp³-hybridized carbons (Fsp3) is 0.545. The summed E-state index contributed by atoms with van der Waals surface area (Å²) < 4.78 is 24.4. The Balaban J connectivity index is 1.80. The molecule has 3 heterocycles. The largest absolute Gasteiger partial charge is 0.351 e. The van der Waals surface area contributed by atoms with Crippen molar-refractivity contribution in [3.63, 3.8) is 0 Å². The molecule has 1 aliphatic heterocycles. The number of halogens is 1. The van der Waals surface area contributed by atoms with E-state index < -0.39 is 9.84 Å². The minimum absolute atomic E-state index is 0.0830. The lowest BCUT2D eigenvalue weighted by Gasteiger charge is -2.22. The van der Waals surface area contributed by atoms with Crippen molar-refractivity contribution < 1.29 is 8.42 Å². The first-order chi connectivity index (χ1) is 9.44. The molecule has 0 aromatic carbocycles. The summed E-state index contributed by atoms with van der Waals surface area (Å²) in [6.07, 6.45) is 2.78. The lowest BCUT2D eigenvalue weighted by atomic mass is 10.2. The second-order valence-electron chi connectivity index (χ2n) is 4.92. The molecule has 0 amide bonds. The van der Waals surface area contributed by atoms with Crippen LogP contribution in [0.5, 0.6) is 0 Å². The van der Waals surface area contributed by atoms with E-state index in [1.54, 1.807) is 17.9 Å². The molecule has 1 fully saturated rings. The fourth-order valence-electron chi connectivity index (χ4n) is 2.28. The van der Waals surface area contributed by atoms with E-state index in [1.165, 1.54) is 0 Å². The molecule has 1 aliphatic rings. The highest BCUT2D eigenvalue weighted by Crippen LogP contribution is 2.22. The van der Waals surface area contributed by atoms with Crippen molar-refractivity contribution in [2.24, 2.45) is 7.05 Å². The maximum absolute atomic E-state index is 11.4. The monoisotopic (exact) mass is 315 g/mol. The highest BCUT2D eigenvalue weighted by atomic mass is 35.5. The molecule has 0 radical (unpaired) electrons. The number of aromatic nitrogens is 4. The van der Waals surface area contributed by atoms with Gasteiger partial charge in [-0.2, -0.15) is 10.1 Å². The van der Waals surface area contributed by atoms with Crippen molar-refractivity contribution in [3.05, 3.63) is 11.3 Å². The summed E-state index contributed by atoms with van der Waals surface area (Å²) in [7, 11) is -1.10. The zero-order valence-corrected chi connectivity index (χ0v) is 12.4. The predicted molar refractivity (Wildman–Crippen MR) is 76.6 cm³/mol. The number of hydrogen-bond donors (Lipinski definition) is 1. The number of rotatable bonds is 2. The molecular formula is C11H14ClN5O2S. The van der Waals surface area contributed by atoms with E-state index in [9.17, 15) is 8.42 Å². The van der Waals surface area contributed by atoms with Gasteiger partial charge in [-0.05, 0) is 12.8 Å². The van der Waals surface area contributed by atoms with Crippen LogP contribution in [0.4, 0.5) is 5.95 Å². The Kier molecular flexibility index (Phi) is 3.29. The van der Waals surface area contributed by atoms with Gasteiger partial charge in [-0.1, -0.05) is 11.6 Å². The molecule has 0 bridgehead atoms. The second kappa shape index (κ2) is 4.85. The minimum atomic E-state index is -2.86. The van der Waals surface area contributed by atoms with Gasteiger partial charge in [-0.15, -0.1) is 0 Å². The molecule has 3 rings (SSSR count). The molecule has 2 aromatic rings. The molecule has 0 atom stereocenters. The molecule has 1 N–H and O–H groups in total. The van der Waals surface area contributed by atoms with Crippen LogP contribution in [-0.2, 0) is 16.9 Å². The zero-order valence-electron chi connectivity index (χ0n) is 10.9. The van der Waals surface area contributed by atoms with Crippen LogP contribution in [0.3, 0.4) is 0 Å². The van der Waals surface area contributed by atoms with E-state index >= 15 is 0 Å². The van der Waals surface area contributed by atoms with Crippen LogP contribution in [0.2, 0.25) is 5.15 Å². The Hall–Kier alpha value is -1.41. The van der Waals surface area contributed by atoms with E-state index in [-0.39, 0.29) is 17.5 Å². The van der Waals surface area contributed by atoms with E-state index in [1.807, 2.05) is 0 Å². The van der Waals surface area contributed by atoms with Crippen molar-refractivity contribution in [2.45, 2.75) is 18.9 Å². The average molecular weight is 316 g/mol. The van der Waals surface area contributed by atoms with Crippen molar-refractivity contribution in [1.29, 1.82) is 0 Å². The number of sulfone groups is 1. The molecule has 7 nitrogen and oxygen atoms in total. The number of nitrogens with zero attached hydrogens (tertiary/aromatic N) is 4. The smallest absolute Gasteiger partial charge is 0.224 e. The highest BCUT2D eigenvalue weighted by Gasteiger charge is 2.24. The van der Waals surface area contributed by atoms with Crippen LogP contribution in [0.1, 0.15) is 12.8 Å². The van der Waals surface area contributed by atoms with Gasteiger partial charge in [-0.3, -0.25) is 0 Å². The van der Waals surface area contributed by atoms with Gasteiger partial charge < -0.3 is 5.32 Å². The highest BCUT2D eigenvalue weighted by molar-refractivity contribution is 7.91. The Morgan fingerprint density at radius 1 is 1.40 bits per heavy atom. The van der Waals surface area contributed by atoms with Crippen molar-refractivity contribution in [1.82, 2.24) is 19.7 Å². The Labute approximate surface area is 121 Å². The summed E-state index contributed by atoms with van der Waals surface area (Å²) in [6.45, 7) is 0. The van der Waals surface area contributed by atoms with E-state index in [2.05, 4.69) is 20.4 Å². The SMILES string of the molecule is Cn1nc(Cl)c2cnc(NC3CCS(=O)(=O)CC3)nc21. The van der Waals surface area contributed by atoms with Crippen LogP contribution >= 0.6 is 11.6 Å². The van der Waals surface area contributed by atoms with Gasteiger partial charge in [-0.25, -0.2) is 18.1 Å². The first kappa shape index (κ1) is 13.6. The number of fused-ring (bicyclic) bond motifs is 1. The molecule has 9 heteroatoms. The number of anilines is 1. The van der Waals surface area contributed by atoms with Gasteiger partial charge in [0.15, 0.2) is 10.8 Å². The number of nitrogens with one attached hydrogen (secondary N) is 1. The first-order valence-corrected chi connectivity index (χ1v) is 8.47. The maximum atomic E-state index is 11.4. The van der Waals surface area contributed by atoms with Gasteiger partial charge in [0, 0.05) is 19.3 Å². The molecule has 0 aliphatic carbocycles. The van der Waals surface area contributed by atoms with Gasteiger partial charge in [0.1, 0.15) is 9.84 Å². The zero-order chi connectivity index (χ0) is 14.3. The summed E-state index contributed by atoms with van der Waals surface area (Å²) in [5.74, 6) is 0.899. The molecular weight excluding hydrogens is 302 g/mol. The maximum Gasteiger partial charge on any atom is 0.224 e. The summed E-state index contributed by atoms with van der Waals surface area (Å²) in [6, 6.07) is 0.0830. The average Bonchev–Trinajstić information content (AvgIpc) is 2.68. The third-order valence-corrected chi connectivity index (χ3v) is 5.42. The van der Waals surface area contributed by atoms with Crippen LogP contribution in [-0.4, -0.2) is 45.7 Å². The molecule has 2 aromatic heterocycles. The van der Waals surface area contributed by atoms with Gasteiger partial charge in [0.25, 0.3) is 0 Å². The third kappa shape index (κ3) is 2.57. The Bertz CT molecular complexity index is 744. The fourth-order valence-corrected chi connectivity index (χ4v) is 4.02. The summed E-state index contributed by atoms with van der Waals surface area (Å²) >= 11 is 5.95. The number of hydrogen-bond acceptors (Lipinski definition) is 6. The quantitative estimate of drug-likeness (QED) is 0.889. The van der Waals surface area contributed by atoms with Crippen LogP contribution < -0.4 is 5.32 Å². The predicted octanol–water partition coefficient (Wildman–Crippen LogP) is 1.01. The Morgan fingerprint density at radius 3 is 2.80 bits per heavy atom. The topological polar surface area (TPSA) is 89.8 Å². The first-order valence-electron chi connectivity index (χ1n) is 6.27. The van der Waals surface area contributed by atoms with Crippen LogP contribution in [0.25, 0.3) is 11.0 Å². The van der Waals surface area contributed by atoms with Gasteiger partial charge in [0.05, 0.1) is 16.9 Å². The summed E-state index contributed by atoms with van der Waals surface area (Å²) in [4.78, 5) is 8.57. The molecule has 1 saturated heterocycles. The lowest BCUT2D eigenvalue weighted by molar-refractivity contribution is 0.558. The minimum Gasteiger partial charge on any atom is -0.351 e. The van der Waals surface area contributed by atoms with Gasteiger partial charge in [0.2, 0.25) is 5.95 Å². The van der Waals surface area contributed by atoms with E-state index in [0.29, 0.717) is 35.0 Å². The summed E-state index contributed by atoms with van der Waals surface area (Å²) in [5, 5.41) is 8.32. The normalized spacial score (nSPS) is 19.3. The van der Waals surface area contributed by atoms with E-state index in [4.69, 9.17) is 11.6 Å². The van der Waals surface area contributed by atoms with Crippen molar-refractivity contribution in [2.75, 3.05) is 16.8 Å². The second-order valence-corrected chi connectivity index (χ2v) is 7.58. The van der Waals surface area contributed by atoms with Crippen molar-refractivity contribution >= 4 is 38.4 Å². The molecule has 0 saturated carbocycles. The Morgan fingerprint density at radius 2 is 2.10 bits per heavy atom. The van der Waals surface area contributed by atoms with Crippen LogP contribution in [0, 0.1) is 0 Å². The molecule has 0 spiro atoms.